The molecule has 1 amide bonds. The Labute approximate surface area is 183 Å². The largest absolute Gasteiger partial charge is 0.365 e. The number of pyridine rings is 2. The average Bonchev–Trinajstić information content (AvgIpc) is 3.08. The van der Waals surface area contributed by atoms with Crippen LogP contribution in [0.2, 0.25) is 5.02 Å². The molecule has 0 unspecified atom stereocenters. The SMILES string of the molecule is O=C(c1cnc(NCc2ccc(N3CCCCCC3)nc2)c(Cl)c1)N1CCCCC1. The summed E-state index contributed by atoms with van der Waals surface area (Å²) in [5, 5.41) is 3.73. The van der Waals surface area contributed by atoms with Gasteiger partial charge in [-0.15, -0.1) is 0 Å². The molecule has 2 aromatic rings. The van der Waals surface area contributed by atoms with Gasteiger partial charge in [0.25, 0.3) is 5.91 Å². The highest BCUT2D eigenvalue weighted by molar-refractivity contribution is 6.33. The minimum Gasteiger partial charge on any atom is -0.365 e. The number of amides is 1. The molecule has 1 N–H and O–H groups in total. The molecule has 0 saturated carbocycles. The molecular weight excluding hydrogens is 398 g/mol. The van der Waals surface area contributed by atoms with Crippen LogP contribution in [-0.4, -0.2) is 47.0 Å². The third-order valence-electron chi connectivity index (χ3n) is 5.93. The van der Waals surface area contributed by atoms with Gasteiger partial charge in [-0.25, -0.2) is 9.97 Å². The highest BCUT2D eigenvalue weighted by Crippen LogP contribution is 2.23. The number of rotatable bonds is 5. The first-order valence-electron chi connectivity index (χ1n) is 11.1. The van der Waals surface area contributed by atoms with Crippen molar-refractivity contribution in [3.8, 4) is 0 Å². The van der Waals surface area contributed by atoms with Gasteiger partial charge in [0.2, 0.25) is 0 Å². The quantitative estimate of drug-likeness (QED) is 0.746. The van der Waals surface area contributed by atoms with Crippen molar-refractivity contribution < 1.29 is 4.79 Å². The average molecular weight is 428 g/mol. The molecule has 7 heteroatoms. The van der Waals surface area contributed by atoms with E-state index >= 15 is 0 Å². The molecule has 4 rings (SSSR count). The third kappa shape index (κ3) is 5.22. The second-order valence-electron chi connectivity index (χ2n) is 8.19. The van der Waals surface area contributed by atoms with Crippen LogP contribution in [0.5, 0.6) is 0 Å². The summed E-state index contributed by atoms with van der Waals surface area (Å²) in [6.07, 6.45) is 12.0. The van der Waals surface area contributed by atoms with Crippen LogP contribution in [0.15, 0.2) is 30.6 Å². The highest BCUT2D eigenvalue weighted by Gasteiger charge is 2.19. The molecule has 0 bridgehead atoms. The van der Waals surface area contributed by atoms with Gasteiger partial charge in [0.1, 0.15) is 11.6 Å². The van der Waals surface area contributed by atoms with E-state index in [9.17, 15) is 4.79 Å². The molecule has 0 spiro atoms. The lowest BCUT2D eigenvalue weighted by Crippen LogP contribution is -2.35. The van der Waals surface area contributed by atoms with E-state index in [1.165, 1.54) is 32.1 Å². The molecule has 0 aliphatic carbocycles. The lowest BCUT2D eigenvalue weighted by molar-refractivity contribution is 0.0724. The maximum absolute atomic E-state index is 12.6. The second kappa shape index (κ2) is 10.1. The molecule has 0 aromatic carbocycles. The van der Waals surface area contributed by atoms with Gasteiger partial charge in [-0.1, -0.05) is 30.5 Å². The number of hydrogen-bond acceptors (Lipinski definition) is 5. The molecule has 6 nitrogen and oxygen atoms in total. The fourth-order valence-electron chi connectivity index (χ4n) is 4.16. The van der Waals surface area contributed by atoms with Crippen molar-refractivity contribution in [2.75, 3.05) is 36.4 Å². The molecular formula is C23H30ClN5O. The van der Waals surface area contributed by atoms with Gasteiger partial charge in [-0.05, 0) is 49.8 Å². The topological polar surface area (TPSA) is 61.4 Å². The summed E-state index contributed by atoms with van der Waals surface area (Å²) in [5.74, 6) is 1.66. The first-order chi connectivity index (χ1) is 14.7. The Bertz CT molecular complexity index is 843. The molecule has 2 aromatic heterocycles. The number of carbonyl (C=O) groups is 1. The summed E-state index contributed by atoms with van der Waals surface area (Å²) in [6.45, 7) is 4.40. The molecule has 2 aliphatic heterocycles. The third-order valence-corrected chi connectivity index (χ3v) is 6.22. The van der Waals surface area contributed by atoms with Crippen molar-refractivity contribution >= 4 is 29.1 Å². The van der Waals surface area contributed by atoms with Crippen molar-refractivity contribution in [2.24, 2.45) is 0 Å². The summed E-state index contributed by atoms with van der Waals surface area (Å²) in [6, 6.07) is 5.91. The minimum absolute atomic E-state index is 0.0175. The molecule has 2 fully saturated rings. The van der Waals surface area contributed by atoms with Crippen LogP contribution in [0.3, 0.4) is 0 Å². The molecule has 0 radical (unpaired) electrons. The minimum atomic E-state index is 0.0175. The smallest absolute Gasteiger partial charge is 0.255 e. The summed E-state index contributed by atoms with van der Waals surface area (Å²) in [5.41, 5.74) is 1.62. The van der Waals surface area contributed by atoms with Gasteiger partial charge in [0.15, 0.2) is 0 Å². The van der Waals surface area contributed by atoms with Crippen LogP contribution < -0.4 is 10.2 Å². The predicted octanol–water partition coefficient (Wildman–Crippen LogP) is 4.75. The fourth-order valence-corrected chi connectivity index (χ4v) is 4.39. The van der Waals surface area contributed by atoms with Gasteiger partial charge in [-0.3, -0.25) is 4.79 Å². The molecule has 4 heterocycles. The zero-order valence-corrected chi connectivity index (χ0v) is 18.2. The maximum Gasteiger partial charge on any atom is 0.255 e. The zero-order valence-electron chi connectivity index (χ0n) is 17.4. The van der Waals surface area contributed by atoms with E-state index in [2.05, 4.69) is 32.3 Å². The normalized spacial score (nSPS) is 17.5. The fraction of sp³-hybridized carbons (Fsp3) is 0.522. The number of hydrogen-bond donors (Lipinski definition) is 1. The number of anilines is 2. The van der Waals surface area contributed by atoms with Crippen molar-refractivity contribution in [3.63, 3.8) is 0 Å². The number of nitrogens with one attached hydrogen (secondary N) is 1. The van der Waals surface area contributed by atoms with Crippen molar-refractivity contribution in [3.05, 3.63) is 46.7 Å². The molecule has 2 saturated heterocycles. The standard InChI is InChI=1S/C23H30ClN5O/c24-20-14-19(23(30)29-12-6-3-7-13-29)17-27-22(20)26-16-18-8-9-21(25-15-18)28-10-4-1-2-5-11-28/h8-9,14-15,17H,1-7,10-13,16H2,(H,26,27). The number of nitrogens with zero attached hydrogens (tertiary/aromatic N) is 4. The van der Waals surface area contributed by atoms with E-state index in [4.69, 9.17) is 11.6 Å². The van der Waals surface area contributed by atoms with Gasteiger partial charge in [-0.2, -0.15) is 0 Å². The van der Waals surface area contributed by atoms with Crippen LogP contribution in [0.25, 0.3) is 0 Å². The summed E-state index contributed by atoms with van der Waals surface area (Å²) >= 11 is 6.40. The lowest BCUT2D eigenvalue weighted by Gasteiger charge is -2.26. The number of carbonyl (C=O) groups excluding carboxylic acids is 1. The Balaban J connectivity index is 1.34. The lowest BCUT2D eigenvalue weighted by atomic mass is 10.1. The molecule has 160 valence electrons. The van der Waals surface area contributed by atoms with Gasteiger partial charge in [0.05, 0.1) is 10.6 Å². The van der Waals surface area contributed by atoms with E-state index in [0.29, 0.717) is 22.9 Å². The Kier molecular flexibility index (Phi) is 7.05. The number of likely N-dealkylation sites (tertiary alicyclic amines) is 1. The maximum atomic E-state index is 12.6. The van der Waals surface area contributed by atoms with Crippen LogP contribution in [0.1, 0.15) is 60.9 Å². The van der Waals surface area contributed by atoms with E-state index in [-0.39, 0.29) is 5.91 Å². The van der Waals surface area contributed by atoms with Crippen molar-refractivity contribution in [1.82, 2.24) is 14.9 Å². The van der Waals surface area contributed by atoms with Gasteiger partial charge >= 0.3 is 0 Å². The summed E-state index contributed by atoms with van der Waals surface area (Å²) in [7, 11) is 0. The molecule has 2 aliphatic rings. The zero-order chi connectivity index (χ0) is 20.8. The number of piperidine rings is 1. The number of aromatic nitrogens is 2. The Hall–Kier alpha value is -2.34. The van der Waals surface area contributed by atoms with Crippen LogP contribution >= 0.6 is 11.6 Å². The van der Waals surface area contributed by atoms with E-state index in [1.807, 2.05) is 11.1 Å². The van der Waals surface area contributed by atoms with E-state index in [0.717, 1.165) is 50.4 Å². The van der Waals surface area contributed by atoms with E-state index < -0.39 is 0 Å². The molecule has 30 heavy (non-hydrogen) atoms. The monoisotopic (exact) mass is 427 g/mol. The first kappa shape index (κ1) is 20.9. The predicted molar refractivity (Wildman–Crippen MR) is 121 cm³/mol. The Morgan fingerprint density at radius 1 is 0.933 bits per heavy atom. The van der Waals surface area contributed by atoms with E-state index in [1.54, 1.807) is 12.3 Å². The number of halogens is 1. The summed E-state index contributed by atoms with van der Waals surface area (Å²) in [4.78, 5) is 25.9. The van der Waals surface area contributed by atoms with Gasteiger partial charge in [0, 0.05) is 45.1 Å². The van der Waals surface area contributed by atoms with Crippen LogP contribution in [0.4, 0.5) is 11.6 Å². The highest BCUT2D eigenvalue weighted by atomic mass is 35.5. The second-order valence-corrected chi connectivity index (χ2v) is 8.59. The van der Waals surface area contributed by atoms with Crippen molar-refractivity contribution in [2.45, 2.75) is 51.5 Å². The Morgan fingerprint density at radius 2 is 1.63 bits per heavy atom. The van der Waals surface area contributed by atoms with Crippen LogP contribution in [-0.2, 0) is 6.54 Å². The van der Waals surface area contributed by atoms with Crippen molar-refractivity contribution in [1.29, 1.82) is 0 Å². The summed E-state index contributed by atoms with van der Waals surface area (Å²) < 4.78 is 0. The van der Waals surface area contributed by atoms with Gasteiger partial charge < -0.3 is 15.1 Å². The van der Waals surface area contributed by atoms with Crippen LogP contribution in [0, 0.1) is 0 Å². The Morgan fingerprint density at radius 3 is 2.30 bits per heavy atom. The first-order valence-corrected chi connectivity index (χ1v) is 11.5. The molecule has 0 atom stereocenters.